The molecule has 92 heavy (non-hydrogen) atoms. The van der Waals surface area contributed by atoms with Gasteiger partial charge >= 0.3 is 37.1 Å². The fraction of sp³-hybridized carbons (Fsp3) is 0.500. The third-order valence-corrected chi connectivity index (χ3v) is 12.8. The van der Waals surface area contributed by atoms with Gasteiger partial charge in [-0.3, -0.25) is 13.2 Å². The summed E-state index contributed by atoms with van der Waals surface area (Å²) in [7, 11) is -0.844. The van der Waals surface area contributed by atoms with E-state index in [2.05, 4.69) is 91.4 Å². The van der Waals surface area contributed by atoms with Gasteiger partial charge in [0.25, 0.3) is 11.8 Å². The summed E-state index contributed by atoms with van der Waals surface area (Å²) < 4.78 is 217. The molecule has 9 heterocycles. The van der Waals surface area contributed by atoms with Gasteiger partial charge in [0.2, 0.25) is 17.5 Å². The first kappa shape index (κ1) is 82.0. The van der Waals surface area contributed by atoms with Gasteiger partial charge in [-0.05, 0) is 137 Å². The minimum absolute atomic E-state index is 0. The summed E-state index contributed by atoms with van der Waals surface area (Å²) in [5.74, 6) is -5.22. The van der Waals surface area contributed by atoms with Crippen LogP contribution in [0.2, 0.25) is 0 Å². The first-order valence-corrected chi connectivity index (χ1v) is 28.1. The molecule has 18 nitrogen and oxygen atoms in total. The first-order chi connectivity index (χ1) is 41.0. The zero-order valence-electron chi connectivity index (χ0n) is 48.6. The zero-order chi connectivity index (χ0) is 66.8. The average molecular weight is 1480 g/mol. The maximum atomic E-state index is 14.4. The van der Waals surface area contributed by atoms with Crippen LogP contribution in [-0.2, 0) is 36.4 Å². The highest BCUT2D eigenvalue weighted by Gasteiger charge is 2.52. The topological polar surface area (TPSA) is 192 Å². The van der Waals surface area contributed by atoms with E-state index in [4.69, 9.17) is 26.0 Å². The van der Waals surface area contributed by atoms with E-state index in [9.17, 15) is 61.5 Å². The molecule has 0 aliphatic carbocycles. The number of halogens is 17. The van der Waals surface area contributed by atoms with Crippen LogP contribution in [0.5, 0.6) is 11.8 Å². The fourth-order valence-corrected chi connectivity index (χ4v) is 7.50. The molecule has 0 unspecified atom stereocenters. The number of rotatable bonds is 16. The number of hydrogen-bond acceptors (Lipinski definition) is 15. The molecule has 0 saturated carbocycles. The number of pyridine rings is 5. The number of hydrogen-bond donors (Lipinski definition) is 1. The minimum atomic E-state index is -4.65. The predicted octanol–water partition coefficient (Wildman–Crippen LogP) is 15.6. The molecular formula is C56H69BBr2ClF14N11O7. The summed E-state index contributed by atoms with van der Waals surface area (Å²) in [6, 6.07) is 11.3. The van der Waals surface area contributed by atoms with Gasteiger partial charge in [0.1, 0.15) is 0 Å². The van der Waals surface area contributed by atoms with Crippen molar-refractivity contribution in [2.75, 3.05) is 33.0 Å². The van der Waals surface area contributed by atoms with Crippen LogP contribution in [0.1, 0.15) is 109 Å². The standard InChI is InChI=1S/C18H16F6N4O2.C13H16BF4NO3.C11H12BrF2N3O.C7H3BrClF2N3.C4H10O.3CH4/c1-10(2)8-30-18(23,24)16-27-26-14-4-3-11(7-28(14)16)12-5-13(19)15(25-6-12)29-9-17(20,21)22;1-11(2)12(3,4)22-14(21-11)8-5-9(15)10(19-6-8)20-7-13(16,17)18;1-7(2)6-18-11(13,14)10-16-15-9-4-3-8(12)5-17(9)10;8-4-1-2-5-12-13-6(7(9,10)11)14(5)3-4;1-4(2)3-5;;;/h3-7,10H,8-9H2,1-2H3;5-6H,7H2,1-4H3;3-5,7H,6H2,1-2H3;1-3H;4-5H,3H2,1-2H3;3*1H4. The maximum Gasteiger partial charge on any atom is 0.496 e. The van der Waals surface area contributed by atoms with Gasteiger partial charge in [-0.1, -0.05) is 63.8 Å². The molecule has 1 fully saturated rings. The van der Waals surface area contributed by atoms with Gasteiger partial charge in [-0.2, -0.15) is 52.7 Å². The molecule has 0 amide bonds. The summed E-state index contributed by atoms with van der Waals surface area (Å²) in [6.07, 6.45) is -10.00. The van der Waals surface area contributed by atoms with Crippen LogP contribution in [0, 0.1) is 29.4 Å². The Hall–Kier alpha value is -6.11. The number of ether oxygens (including phenoxy) is 4. The SMILES string of the molecule is C.C.C.CC(C)CO.CC(C)COC(F)(F)c1nnc2ccc(-c3cnc(OCC(F)(F)F)c(F)c3)cn12.CC(C)COC(F)(F)c1nnc2ccc(Br)cn12.CC1(C)OB(c2cnc(OCC(F)(F)F)c(F)c2)OC1(C)C.FC(F)(Cl)c1nnc2ccc(Br)cn12. The Morgan fingerprint density at radius 1 is 0.543 bits per heavy atom. The second-order valence-corrected chi connectivity index (χ2v) is 23.7. The monoisotopic (exact) mass is 1480 g/mol. The molecule has 0 spiro atoms. The third kappa shape index (κ3) is 23.4. The van der Waals surface area contributed by atoms with Gasteiger partial charge in [0, 0.05) is 63.1 Å². The van der Waals surface area contributed by atoms with Crippen molar-refractivity contribution < 1.29 is 94.8 Å². The smallest absolute Gasteiger partial charge is 0.466 e. The van der Waals surface area contributed by atoms with Crippen LogP contribution < -0.4 is 14.9 Å². The molecule has 0 aromatic carbocycles. The second-order valence-electron chi connectivity index (χ2n) is 21.3. The molecule has 1 aliphatic rings. The van der Waals surface area contributed by atoms with Gasteiger partial charge in [0.05, 0.1) is 24.4 Å². The maximum absolute atomic E-state index is 14.4. The summed E-state index contributed by atoms with van der Waals surface area (Å²) in [4.78, 5) is 7.10. The summed E-state index contributed by atoms with van der Waals surface area (Å²) in [5, 5.41) is 25.8. The van der Waals surface area contributed by atoms with Crippen LogP contribution in [-0.4, -0.2) is 123 Å². The lowest BCUT2D eigenvalue weighted by Gasteiger charge is -2.32. The summed E-state index contributed by atoms with van der Waals surface area (Å²) >= 11 is 11.2. The molecule has 0 radical (unpaired) electrons. The number of fused-ring (bicyclic) bond motifs is 3. The van der Waals surface area contributed by atoms with Crippen molar-refractivity contribution >= 4 is 73.0 Å². The number of alkyl halides is 13. The van der Waals surface area contributed by atoms with Gasteiger partial charge in [-0.25, -0.2) is 18.7 Å². The van der Waals surface area contributed by atoms with E-state index < -0.39 is 102 Å². The Morgan fingerprint density at radius 3 is 1.28 bits per heavy atom. The molecule has 0 bridgehead atoms. The van der Waals surface area contributed by atoms with Crippen LogP contribution in [0.3, 0.4) is 0 Å². The van der Waals surface area contributed by atoms with E-state index in [0.29, 0.717) is 32.8 Å². The second kappa shape index (κ2) is 33.3. The van der Waals surface area contributed by atoms with Gasteiger partial charge < -0.3 is 33.4 Å². The fourth-order valence-electron chi connectivity index (χ4n) is 6.70. The molecule has 1 N–H and O–H groups in total. The van der Waals surface area contributed by atoms with Crippen LogP contribution in [0.25, 0.3) is 28.1 Å². The van der Waals surface area contributed by atoms with Crippen molar-refractivity contribution in [2.45, 2.75) is 133 Å². The number of aromatic nitrogens is 11. The van der Waals surface area contributed by atoms with Crippen molar-refractivity contribution in [3.63, 3.8) is 0 Å². The Morgan fingerprint density at radius 2 is 0.913 bits per heavy atom. The van der Waals surface area contributed by atoms with Crippen LogP contribution in [0.15, 0.2) is 88.5 Å². The van der Waals surface area contributed by atoms with E-state index in [1.807, 2.05) is 41.5 Å². The van der Waals surface area contributed by atoms with Crippen molar-refractivity contribution in [1.29, 1.82) is 0 Å². The van der Waals surface area contributed by atoms with Gasteiger partial charge in [-0.15, -0.1) is 30.6 Å². The van der Waals surface area contributed by atoms with E-state index in [1.165, 1.54) is 41.3 Å². The molecule has 0 atom stereocenters. The third-order valence-electron chi connectivity index (χ3n) is 11.7. The Bertz CT molecular complexity index is 3600. The largest absolute Gasteiger partial charge is 0.496 e. The van der Waals surface area contributed by atoms with Crippen molar-refractivity contribution in [3.05, 3.63) is 118 Å². The summed E-state index contributed by atoms with van der Waals surface area (Å²) in [6.45, 7) is 15.0. The zero-order valence-corrected chi connectivity index (χ0v) is 52.5. The van der Waals surface area contributed by atoms with Crippen LogP contribution >= 0.6 is 43.5 Å². The molecule has 1 saturated heterocycles. The lowest BCUT2D eigenvalue weighted by Crippen LogP contribution is -2.41. The Balaban J connectivity index is 0.000000415. The minimum Gasteiger partial charge on any atom is -0.466 e. The summed E-state index contributed by atoms with van der Waals surface area (Å²) in [5.41, 5.74) is 0.191. The van der Waals surface area contributed by atoms with Crippen molar-refractivity contribution in [2.24, 2.45) is 17.8 Å². The van der Waals surface area contributed by atoms with E-state index in [1.54, 1.807) is 52.0 Å². The molecule has 36 heteroatoms. The van der Waals surface area contributed by atoms with E-state index in [-0.39, 0.29) is 69.6 Å². The van der Waals surface area contributed by atoms with E-state index >= 15 is 0 Å². The number of aliphatic hydroxyl groups excluding tert-OH is 1. The molecule has 512 valence electrons. The lowest BCUT2D eigenvalue weighted by atomic mass is 9.80. The van der Waals surface area contributed by atoms with Crippen molar-refractivity contribution in [3.8, 4) is 22.9 Å². The van der Waals surface area contributed by atoms with Gasteiger partial charge in [0.15, 0.2) is 41.8 Å². The molecule has 8 aromatic heterocycles. The highest BCUT2D eigenvalue weighted by atomic mass is 79.9. The highest BCUT2D eigenvalue weighted by Crippen LogP contribution is 2.38. The van der Waals surface area contributed by atoms with Crippen LogP contribution in [0.4, 0.5) is 61.5 Å². The Kier molecular flexibility index (Phi) is 29.7. The number of aliphatic hydroxyl groups is 1. The lowest BCUT2D eigenvalue weighted by molar-refractivity contribution is -0.259. The normalized spacial score (nSPS) is 13.8. The Labute approximate surface area is 543 Å². The first-order valence-electron chi connectivity index (χ1n) is 26.2. The van der Waals surface area contributed by atoms with Crippen molar-refractivity contribution in [1.82, 2.24) is 53.8 Å². The molecular weight excluding hydrogens is 1410 g/mol. The molecule has 8 aromatic rings. The quantitative estimate of drug-likeness (QED) is 0.0545. The number of nitrogens with zero attached hydrogens (tertiary/aromatic N) is 11. The molecule has 9 rings (SSSR count). The molecule has 1 aliphatic heterocycles. The van der Waals surface area contributed by atoms with E-state index in [0.717, 1.165) is 27.1 Å². The highest BCUT2D eigenvalue weighted by molar-refractivity contribution is 9.10. The predicted molar refractivity (Wildman–Crippen MR) is 322 cm³/mol. The average Bonchev–Trinajstić information content (AvgIpc) is 1.62.